The summed E-state index contributed by atoms with van der Waals surface area (Å²) in [5.41, 5.74) is 7.78. The van der Waals surface area contributed by atoms with Gasteiger partial charge in [0.25, 0.3) is 0 Å². The van der Waals surface area contributed by atoms with E-state index in [1.54, 1.807) is 6.07 Å². The Morgan fingerprint density at radius 1 is 1.43 bits per heavy atom. The number of benzene rings is 1. The van der Waals surface area contributed by atoms with Gasteiger partial charge in [-0.1, -0.05) is 18.2 Å². The molecule has 1 unspecified atom stereocenters. The Labute approximate surface area is 124 Å². The summed E-state index contributed by atoms with van der Waals surface area (Å²) in [6, 6.07) is 7.50. The fourth-order valence-corrected chi connectivity index (χ4v) is 2.76. The second kappa shape index (κ2) is 5.95. The Hall–Kier alpha value is -1.72. The van der Waals surface area contributed by atoms with Gasteiger partial charge in [0.2, 0.25) is 0 Å². The van der Waals surface area contributed by atoms with Gasteiger partial charge in [0.15, 0.2) is 0 Å². The Kier molecular flexibility index (Phi) is 4.03. The lowest BCUT2D eigenvalue weighted by Crippen LogP contribution is -2.32. The van der Waals surface area contributed by atoms with Crippen molar-refractivity contribution in [2.24, 2.45) is 5.73 Å². The third kappa shape index (κ3) is 2.99. The van der Waals surface area contributed by atoms with E-state index in [1.807, 2.05) is 31.7 Å². The molecule has 2 N–H and O–H groups in total. The van der Waals surface area contributed by atoms with E-state index >= 15 is 0 Å². The first-order chi connectivity index (χ1) is 10.2. The minimum atomic E-state index is -0.171. The third-order valence-corrected chi connectivity index (χ3v) is 4.11. The van der Waals surface area contributed by atoms with Crippen molar-refractivity contribution in [3.63, 3.8) is 0 Å². The molecule has 0 radical (unpaired) electrons. The largest absolute Gasteiger partial charge is 0.330 e. The molecule has 2 aromatic rings. The van der Waals surface area contributed by atoms with Crippen LogP contribution >= 0.6 is 0 Å². The maximum atomic E-state index is 13.8. The van der Waals surface area contributed by atoms with E-state index in [0.717, 1.165) is 5.69 Å². The minimum Gasteiger partial charge on any atom is -0.330 e. The number of halogens is 1. The minimum absolute atomic E-state index is 0.0488. The van der Waals surface area contributed by atoms with Crippen molar-refractivity contribution in [2.45, 2.75) is 31.5 Å². The fraction of sp³-hybridized carbons (Fsp3) is 0.438. The quantitative estimate of drug-likeness (QED) is 0.888. The molecule has 4 nitrogen and oxygen atoms in total. The molecule has 1 aliphatic carbocycles. The van der Waals surface area contributed by atoms with Gasteiger partial charge < -0.3 is 10.3 Å². The summed E-state index contributed by atoms with van der Waals surface area (Å²) < 4.78 is 16.0. The summed E-state index contributed by atoms with van der Waals surface area (Å²) in [5.74, 6) is -0.171. The van der Waals surface area contributed by atoms with Crippen LogP contribution in [0.3, 0.4) is 0 Å². The molecule has 1 atom stereocenters. The van der Waals surface area contributed by atoms with Crippen molar-refractivity contribution in [2.75, 3.05) is 13.6 Å². The summed E-state index contributed by atoms with van der Waals surface area (Å²) in [6.07, 6.45) is 6.18. The highest BCUT2D eigenvalue weighted by molar-refractivity contribution is 5.18. The molecule has 112 valence electrons. The first-order valence-corrected chi connectivity index (χ1v) is 7.36. The summed E-state index contributed by atoms with van der Waals surface area (Å²) in [4.78, 5) is 6.36. The van der Waals surface area contributed by atoms with Crippen LogP contribution in [0.5, 0.6) is 0 Å². The average molecular weight is 288 g/mol. The normalized spacial score (nSPS) is 16.4. The van der Waals surface area contributed by atoms with Gasteiger partial charge in [-0.2, -0.15) is 0 Å². The van der Waals surface area contributed by atoms with Crippen LogP contribution in [0.25, 0.3) is 0 Å². The lowest BCUT2D eigenvalue weighted by atomic mass is 10.1. The third-order valence-electron chi connectivity index (χ3n) is 4.11. The van der Waals surface area contributed by atoms with Gasteiger partial charge in [-0.3, -0.25) is 4.90 Å². The summed E-state index contributed by atoms with van der Waals surface area (Å²) in [6.45, 7) is 1.02. The predicted molar refractivity (Wildman–Crippen MR) is 80.2 cm³/mol. The monoisotopic (exact) mass is 288 g/mol. The van der Waals surface area contributed by atoms with Crippen LogP contribution in [0.2, 0.25) is 0 Å². The molecular weight excluding hydrogens is 267 g/mol. The first kappa shape index (κ1) is 14.2. The molecule has 0 bridgehead atoms. The van der Waals surface area contributed by atoms with Crippen molar-refractivity contribution in [3.8, 4) is 0 Å². The maximum Gasteiger partial charge on any atom is 0.127 e. The van der Waals surface area contributed by atoms with Crippen molar-refractivity contribution in [1.82, 2.24) is 14.5 Å². The molecule has 5 heteroatoms. The fourth-order valence-electron chi connectivity index (χ4n) is 2.76. The molecule has 0 amide bonds. The molecule has 1 aliphatic rings. The number of nitrogens with zero attached hydrogens (tertiary/aromatic N) is 3. The highest BCUT2D eigenvalue weighted by Crippen LogP contribution is 2.37. The van der Waals surface area contributed by atoms with Gasteiger partial charge in [-0.15, -0.1) is 0 Å². The number of imidazole rings is 1. The highest BCUT2D eigenvalue weighted by Gasteiger charge is 2.29. The highest BCUT2D eigenvalue weighted by atomic mass is 19.1. The van der Waals surface area contributed by atoms with Crippen LogP contribution in [-0.4, -0.2) is 28.0 Å². The number of likely N-dealkylation sites (N-methyl/N-ethyl adjacent to an activating group) is 1. The summed E-state index contributed by atoms with van der Waals surface area (Å²) in [7, 11) is 1.98. The van der Waals surface area contributed by atoms with E-state index in [9.17, 15) is 4.39 Å². The zero-order valence-corrected chi connectivity index (χ0v) is 12.2. The van der Waals surface area contributed by atoms with E-state index < -0.39 is 0 Å². The number of hydrogen-bond acceptors (Lipinski definition) is 3. The lowest BCUT2D eigenvalue weighted by molar-refractivity contribution is 0.229. The Morgan fingerprint density at radius 2 is 2.19 bits per heavy atom. The van der Waals surface area contributed by atoms with Gasteiger partial charge in [0, 0.05) is 30.9 Å². The molecular formula is C16H21FN4. The molecule has 3 rings (SSSR count). The van der Waals surface area contributed by atoms with Crippen LogP contribution in [0.15, 0.2) is 36.8 Å². The van der Waals surface area contributed by atoms with Crippen LogP contribution in [0.4, 0.5) is 4.39 Å². The van der Waals surface area contributed by atoms with Crippen molar-refractivity contribution >= 4 is 0 Å². The molecule has 1 aromatic carbocycles. The molecule has 0 saturated heterocycles. The Bertz CT molecular complexity index is 606. The smallest absolute Gasteiger partial charge is 0.127 e. The molecule has 0 aliphatic heterocycles. The summed E-state index contributed by atoms with van der Waals surface area (Å²) in [5, 5.41) is 0. The van der Waals surface area contributed by atoms with E-state index in [1.165, 1.54) is 18.9 Å². The van der Waals surface area contributed by atoms with Crippen LogP contribution in [0, 0.1) is 5.82 Å². The number of nitrogens with two attached hydrogens (primary N) is 1. The van der Waals surface area contributed by atoms with E-state index in [0.29, 0.717) is 24.7 Å². The van der Waals surface area contributed by atoms with Gasteiger partial charge in [0.05, 0.1) is 18.1 Å². The van der Waals surface area contributed by atoms with Gasteiger partial charge in [0.1, 0.15) is 5.82 Å². The van der Waals surface area contributed by atoms with E-state index in [4.69, 9.17) is 5.73 Å². The van der Waals surface area contributed by atoms with E-state index in [-0.39, 0.29) is 11.9 Å². The number of rotatable bonds is 6. The predicted octanol–water partition coefficient (Wildman–Crippen LogP) is 2.49. The molecule has 21 heavy (non-hydrogen) atoms. The molecule has 1 heterocycles. The molecule has 1 saturated carbocycles. The molecule has 1 fully saturated rings. The Balaban J connectivity index is 1.79. The van der Waals surface area contributed by atoms with Crippen LogP contribution in [0.1, 0.15) is 36.2 Å². The zero-order valence-electron chi connectivity index (χ0n) is 12.2. The van der Waals surface area contributed by atoms with Gasteiger partial charge in [-0.25, -0.2) is 9.37 Å². The second-order valence-electron chi connectivity index (χ2n) is 5.71. The second-order valence-corrected chi connectivity index (χ2v) is 5.71. The average Bonchev–Trinajstić information content (AvgIpc) is 3.22. The first-order valence-electron chi connectivity index (χ1n) is 7.36. The van der Waals surface area contributed by atoms with Gasteiger partial charge in [-0.05, 0) is 26.0 Å². The standard InChI is InChI=1S/C16H21FN4/c1-20(10-12-4-2-3-5-14(12)17)15(8-18)16-9-19-11-21(16)13-6-7-13/h2-5,9,11,13,15H,6-8,10,18H2,1H3. The summed E-state index contributed by atoms with van der Waals surface area (Å²) >= 11 is 0. The SMILES string of the molecule is CN(Cc1ccccc1F)C(CN)c1cncn1C1CC1. The van der Waals surface area contributed by atoms with Gasteiger partial charge >= 0.3 is 0 Å². The molecule has 1 aromatic heterocycles. The molecule has 0 spiro atoms. The lowest BCUT2D eigenvalue weighted by Gasteiger charge is -2.28. The van der Waals surface area contributed by atoms with Crippen molar-refractivity contribution < 1.29 is 4.39 Å². The zero-order chi connectivity index (χ0) is 14.8. The van der Waals surface area contributed by atoms with E-state index in [2.05, 4.69) is 14.5 Å². The van der Waals surface area contributed by atoms with Crippen LogP contribution < -0.4 is 5.73 Å². The topological polar surface area (TPSA) is 47.1 Å². The Morgan fingerprint density at radius 3 is 2.86 bits per heavy atom. The van der Waals surface area contributed by atoms with Crippen LogP contribution in [-0.2, 0) is 6.54 Å². The van der Waals surface area contributed by atoms with Crippen molar-refractivity contribution in [1.29, 1.82) is 0 Å². The maximum absolute atomic E-state index is 13.8. The number of aromatic nitrogens is 2. The number of hydrogen-bond donors (Lipinski definition) is 1. The van der Waals surface area contributed by atoms with Crippen molar-refractivity contribution in [3.05, 3.63) is 53.9 Å².